The highest BCUT2D eigenvalue weighted by Crippen LogP contribution is 2.32. The molecule has 0 amide bonds. The van der Waals surface area contributed by atoms with Crippen molar-refractivity contribution in [2.24, 2.45) is 0 Å². The largest absolute Gasteiger partial charge is 0.489 e. The van der Waals surface area contributed by atoms with Gasteiger partial charge in [-0.3, -0.25) is 0 Å². The standard InChI is InChI=1S/C17H19ClFNO/c1-10(2)13-8-15(20)11(3)7-16(13)21-9-12-5-4-6-14(19)17(12)18/h4-8,10H,9,20H2,1-3H3. The normalized spacial score (nSPS) is 11.0. The minimum absolute atomic E-state index is 0.107. The number of anilines is 1. The van der Waals surface area contributed by atoms with Crippen LogP contribution in [0.25, 0.3) is 0 Å². The van der Waals surface area contributed by atoms with Gasteiger partial charge < -0.3 is 10.5 Å². The first-order valence-corrected chi connectivity index (χ1v) is 7.23. The summed E-state index contributed by atoms with van der Waals surface area (Å²) in [6.45, 7) is 6.30. The van der Waals surface area contributed by atoms with Gasteiger partial charge in [-0.15, -0.1) is 0 Å². The third kappa shape index (κ3) is 3.48. The van der Waals surface area contributed by atoms with Gasteiger partial charge in [0.25, 0.3) is 0 Å². The lowest BCUT2D eigenvalue weighted by Gasteiger charge is -2.17. The molecule has 112 valence electrons. The molecule has 0 aromatic heterocycles. The molecule has 0 spiro atoms. The number of aryl methyl sites for hydroxylation is 1. The highest BCUT2D eigenvalue weighted by Gasteiger charge is 2.12. The molecular formula is C17H19ClFNO. The van der Waals surface area contributed by atoms with Crippen LogP contribution >= 0.6 is 11.6 Å². The van der Waals surface area contributed by atoms with Crippen molar-refractivity contribution < 1.29 is 9.13 Å². The predicted molar refractivity (Wildman–Crippen MR) is 85.4 cm³/mol. The molecule has 4 heteroatoms. The van der Waals surface area contributed by atoms with Gasteiger partial charge in [0.1, 0.15) is 18.2 Å². The Labute approximate surface area is 129 Å². The van der Waals surface area contributed by atoms with Gasteiger partial charge in [-0.25, -0.2) is 4.39 Å². The Kier molecular flexibility index (Phi) is 4.73. The van der Waals surface area contributed by atoms with Gasteiger partial charge in [0.05, 0.1) is 5.02 Å². The second kappa shape index (κ2) is 6.35. The first kappa shape index (κ1) is 15.6. The van der Waals surface area contributed by atoms with E-state index in [1.807, 2.05) is 19.1 Å². The van der Waals surface area contributed by atoms with Crippen molar-refractivity contribution in [3.8, 4) is 5.75 Å². The zero-order valence-corrected chi connectivity index (χ0v) is 13.2. The van der Waals surface area contributed by atoms with Gasteiger partial charge >= 0.3 is 0 Å². The fraction of sp³-hybridized carbons (Fsp3) is 0.294. The first-order valence-electron chi connectivity index (χ1n) is 6.86. The van der Waals surface area contributed by atoms with Crippen molar-refractivity contribution in [3.05, 3.63) is 57.9 Å². The van der Waals surface area contributed by atoms with Gasteiger partial charge in [0.15, 0.2) is 0 Å². The predicted octanol–water partition coefficient (Wildman–Crippen LogP) is 5.07. The number of hydrogen-bond acceptors (Lipinski definition) is 2. The molecule has 0 aliphatic rings. The van der Waals surface area contributed by atoms with E-state index in [4.69, 9.17) is 22.1 Å². The maximum absolute atomic E-state index is 13.4. The summed E-state index contributed by atoms with van der Waals surface area (Å²) in [6, 6.07) is 8.56. The van der Waals surface area contributed by atoms with E-state index >= 15 is 0 Å². The van der Waals surface area contributed by atoms with Crippen molar-refractivity contribution >= 4 is 17.3 Å². The summed E-state index contributed by atoms with van der Waals surface area (Å²) in [5, 5.41) is 0.107. The van der Waals surface area contributed by atoms with Crippen molar-refractivity contribution in [3.63, 3.8) is 0 Å². The number of benzene rings is 2. The van der Waals surface area contributed by atoms with E-state index in [-0.39, 0.29) is 17.5 Å². The molecule has 0 heterocycles. The number of nitrogens with two attached hydrogens (primary N) is 1. The molecular weight excluding hydrogens is 289 g/mol. The fourth-order valence-electron chi connectivity index (χ4n) is 2.11. The molecule has 2 aromatic carbocycles. The lowest BCUT2D eigenvalue weighted by molar-refractivity contribution is 0.301. The summed E-state index contributed by atoms with van der Waals surface area (Å²) in [5.41, 5.74) is 9.31. The monoisotopic (exact) mass is 307 g/mol. The van der Waals surface area contributed by atoms with Crippen LogP contribution in [0.4, 0.5) is 10.1 Å². The van der Waals surface area contributed by atoms with E-state index in [1.54, 1.807) is 12.1 Å². The summed E-state index contributed by atoms with van der Waals surface area (Å²) < 4.78 is 19.3. The number of rotatable bonds is 4. The van der Waals surface area contributed by atoms with E-state index in [0.717, 1.165) is 22.6 Å². The summed E-state index contributed by atoms with van der Waals surface area (Å²) in [6.07, 6.45) is 0. The van der Waals surface area contributed by atoms with E-state index in [1.165, 1.54) is 6.07 Å². The molecule has 2 nitrogen and oxygen atoms in total. The van der Waals surface area contributed by atoms with Crippen LogP contribution in [0.3, 0.4) is 0 Å². The average Bonchev–Trinajstić information content (AvgIpc) is 2.43. The molecule has 0 unspecified atom stereocenters. The Morgan fingerprint density at radius 2 is 2.00 bits per heavy atom. The molecule has 2 aromatic rings. The smallest absolute Gasteiger partial charge is 0.142 e. The Bertz CT molecular complexity index is 655. The Morgan fingerprint density at radius 3 is 2.67 bits per heavy atom. The second-order valence-electron chi connectivity index (χ2n) is 5.40. The first-order chi connectivity index (χ1) is 9.90. The molecule has 0 saturated heterocycles. The van der Waals surface area contributed by atoms with E-state index in [0.29, 0.717) is 5.56 Å². The fourth-order valence-corrected chi connectivity index (χ4v) is 2.29. The van der Waals surface area contributed by atoms with Crippen molar-refractivity contribution in [2.75, 3.05) is 5.73 Å². The number of ether oxygens (including phenoxy) is 1. The van der Waals surface area contributed by atoms with Gasteiger partial charge in [-0.2, -0.15) is 0 Å². The highest BCUT2D eigenvalue weighted by molar-refractivity contribution is 6.31. The van der Waals surface area contributed by atoms with E-state index in [9.17, 15) is 4.39 Å². The lowest BCUT2D eigenvalue weighted by Crippen LogP contribution is -2.03. The third-order valence-electron chi connectivity index (χ3n) is 3.44. The zero-order valence-electron chi connectivity index (χ0n) is 12.4. The van der Waals surface area contributed by atoms with Crippen LogP contribution in [-0.4, -0.2) is 0 Å². The van der Waals surface area contributed by atoms with Gasteiger partial charge in [0, 0.05) is 11.3 Å². The molecule has 0 aliphatic heterocycles. The third-order valence-corrected chi connectivity index (χ3v) is 3.86. The van der Waals surface area contributed by atoms with Gasteiger partial charge in [-0.05, 0) is 42.2 Å². The Morgan fingerprint density at radius 1 is 1.29 bits per heavy atom. The molecule has 0 bridgehead atoms. The summed E-state index contributed by atoms with van der Waals surface area (Å²) >= 11 is 5.94. The number of nitrogen functional groups attached to an aromatic ring is 1. The Hall–Kier alpha value is -1.74. The highest BCUT2D eigenvalue weighted by atomic mass is 35.5. The van der Waals surface area contributed by atoms with Gasteiger partial charge in [0.2, 0.25) is 0 Å². The second-order valence-corrected chi connectivity index (χ2v) is 5.78. The summed E-state index contributed by atoms with van der Waals surface area (Å²) in [4.78, 5) is 0. The quantitative estimate of drug-likeness (QED) is 0.800. The molecule has 0 aliphatic carbocycles. The summed E-state index contributed by atoms with van der Waals surface area (Å²) in [5.74, 6) is 0.609. The van der Waals surface area contributed by atoms with Crippen molar-refractivity contribution in [2.45, 2.75) is 33.3 Å². The number of halogens is 2. The SMILES string of the molecule is Cc1cc(OCc2cccc(F)c2Cl)c(C(C)C)cc1N. The van der Waals surface area contributed by atoms with Crippen LogP contribution in [0.15, 0.2) is 30.3 Å². The molecule has 21 heavy (non-hydrogen) atoms. The molecule has 2 N–H and O–H groups in total. The maximum Gasteiger partial charge on any atom is 0.142 e. The summed E-state index contributed by atoms with van der Waals surface area (Å²) in [7, 11) is 0. The van der Waals surface area contributed by atoms with Crippen LogP contribution in [0.1, 0.15) is 36.5 Å². The molecule has 0 radical (unpaired) electrons. The minimum atomic E-state index is -0.435. The van der Waals surface area contributed by atoms with E-state index < -0.39 is 5.82 Å². The van der Waals surface area contributed by atoms with Crippen LogP contribution in [0.2, 0.25) is 5.02 Å². The maximum atomic E-state index is 13.4. The topological polar surface area (TPSA) is 35.2 Å². The van der Waals surface area contributed by atoms with Crippen molar-refractivity contribution in [1.29, 1.82) is 0 Å². The molecule has 2 rings (SSSR count). The van der Waals surface area contributed by atoms with Crippen molar-refractivity contribution in [1.82, 2.24) is 0 Å². The van der Waals surface area contributed by atoms with Crippen LogP contribution in [0.5, 0.6) is 5.75 Å². The molecule has 0 fully saturated rings. The van der Waals surface area contributed by atoms with Crippen LogP contribution in [0, 0.1) is 12.7 Å². The lowest BCUT2D eigenvalue weighted by atomic mass is 9.99. The zero-order chi connectivity index (χ0) is 15.6. The van der Waals surface area contributed by atoms with Crippen LogP contribution in [-0.2, 0) is 6.61 Å². The molecule has 0 atom stereocenters. The average molecular weight is 308 g/mol. The van der Waals surface area contributed by atoms with Crippen LogP contribution < -0.4 is 10.5 Å². The minimum Gasteiger partial charge on any atom is -0.489 e. The molecule has 0 saturated carbocycles. The van der Waals surface area contributed by atoms with E-state index in [2.05, 4.69) is 13.8 Å². The number of hydrogen-bond donors (Lipinski definition) is 1. The van der Waals surface area contributed by atoms with Gasteiger partial charge in [-0.1, -0.05) is 37.6 Å². The Balaban J connectivity index is 2.27.